The third-order valence-electron chi connectivity index (χ3n) is 4.62. The van der Waals surface area contributed by atoms with E-state index >= 15 is 0 Å². The average molecular weight is 421 g/mol. The first-order valence-electron chi connectivity index (χ1n) is 10.4. The molecular weight excluding hydrogens is 388 g/mol. The van der Waals surface area contributed by atoms with E-state index in [0.29, 0.717) is 17.3 Å². The van der Waals surface area contributed by atoms with Crippen molar-refractivity contribution < 1.29 is 11.0 Å². The number of hydrogen-bond acceptors (Lipinski definition) is 5. The molecule has 0 bridgehead atoms. The van der Waals surface area contributed by atoms with Crippen molar-refractivity contribution in [3.8, 4) is 5.88 Å². The first kappa shape index (κ1) is 23.7. The third kappa shape index (κ3) is 6.47. The number of nitrogens with zero attached hydrogens (tertiary/aromatic N) is 2. The highest BCUT2D eigenvalue weighted by molar-refractivity contribution is 6.12. The minimum atomic E-state index is -0.229. The molecule has 0 aliphatic heterocycles. The summed E-state index contributed by atoms with van der Waals surface area (Å²) in [4.78, 5) is 20.6. The van der Waals surface area contributed by atoms with Crippen molar-refractivity contribution in [2.45, 2.75) is 40.7 Å². The molecule has 1 unspecified atom stereocenters. The zero-order chi connectivity index (χ0) is 22.8. The SMILES string of the molecule is CC.Cc1cc(OCC(=O)NC(C)c2ccncc2)nc(C)c1C(=N)c1ccccc1.[HH]. The molecule has 0 aliphatic rings. The van der Waals surface area contributed by atoms with Crippen LogP contribution in [0, 0.1) is 19.3 Å². The van der Waals surface area contributed by atoms with Gasteiger partial charge in [-0.1, -0.05) is 44.2 Å². The van der Waals surface area contributed by atoms with E-state index in [2.05, 4.69) is 15.3 Å². The lowest BCUT2D eigenvalue weighted by Gasteiger charge is -2.16. The van der Waals surface area contributed by atoms with Gasteiger partial charge in [0.15, 0.2) is 6.61 Å². The standard InChI is InChI=1S/C23H24N4O2.C2H6.H2/c1-15-13-21(27-17(3)22(15)23(24)19-7-5-4-6-8-19)29-14-20(28)26-16(2)18-9-11-25-12-10-18;1-2;/h4-13,16,24H,14H2,1-3H3,(H,26,28);1-2H3;1H. The summed E-state index contributed by atoms with van der Waals surface area (Å²) in [6, 6.07) is 14.9. The van der Waals surface area contributed by atoms with Gasteiger partial charge < -0.3 is 10.1 Å². The quantitative estimate of drug-likeness (QED) is 0.524. The summed E-state index contributed by atoms with van der Waals surface area (Å²) in [7, 11) is 0. The van der Waals surface area contributed by atoms with Crippen LogP contribution in [-0.4, -0.2) is 28.2 Å². The predicted molar refractivity (Wildman–Crippen MR) is 126 cm³/mol. The Balaban J connectivity index is 0.00000166. The fourth-order valence-corrected chi connectivity index (χ4v) is 3.16. The minimum absolute atomic E-state index is 0. The highest BCUT2D eigenvalue weighted by atomic mass is 16.5. The normalized spacial score (nSPS) is 11.0. The Morgan fingerprint density at radius 1 is 1.13 bits per heavy atom. The van der Waals surface area contributed by atoms with Crippen LogP contribution in [0.15, 0.2) is 60.9 Å². The lowest BCUT2D eigenvalue weighted by atomic mass is 9.97. The molecule has 0 spiro atoms. The van der Waals surface area contributed by atoms with Gasteiger partial charge in [0.2, 0.25) is 5.88 Å². The van der Waals surface area contributed by atoms with Crippen molar-refractivity contribution >= 4 is 11.6 Å². The zero-order valence-electron chi connectivity index (χ0n) is 18.8. The maximum Gasteiger partial charge on any atom is 0.258 e. The minimum Gasteiger partial charge on any atom is -0.468 e. The number of amides is 1. The summed E-state index contributed by atoms with van der Waals surface area (Å²) in [5.41, 5.74) is 4.58. The maximum atomic E-state index is 12.2. The smallest absolute Gasteiger partial charge is 0.258 e. The van der Waals surface area contributed by atoms with Gasteiger partial charge in [-0.2, -0.15) is 0 Å². The van der Waals surface area contributed by atoms with Gasteiger partial charge in [0, 0.05) is 31.0 Å². The van der Waals surface area contributed by atoms with E-state index in [9.17, 15) is 4.79 Å². The molecule has 3 rings (SSSR count). The number of aromatic nitrogens is 2. The fourth-order valence-electron chi connectivity index (χ4n) is 3.16. The average Bonchev–Trinajstić information content (AvgIpc) is 2.79. The van der Waals surface area contributed by atoms with Crippen LogP contribution in [0.2, 0.25) is 0 Å². The van der Waals surface area contributed by atoms with Crippen molar-refractivity contribution in [2.24, 2.45) is 0 Å². The lowest BCUT2D eigenvalue weighted by molar-refractivity contribution is -0.123. The maximum absolute atomic E-state index is 12.2. The number of carbonyl (C=O) groups is 1. The molecule has 0 radical (unpaired) electrons. The third-order valence-corrected chi connectivity index (χ3v) is 4.62. The van der Waals surface area contributed by atoms with Gasteiger partial charge in [-0.3, -0.25) is 15.2 Å². The molecule has 1 aromatic carbocycles. The van der Waals surface area contributed by atoms with Crippen molar-refractivity contribution in [2.75, 3.05) is 6.61 Å². The number of benzene rings is 1. The number of carbonyl (C=O) groups excluding carboxylic acids is 1. The van der Waals surface area contributed by atoms with E-state index in [1.807, 2.05) is 77.1 Å². The van der Waals surface area contributed by atoms with E-state index in [1.54, 1.807) is 18.5 Å². The Hall–Kier alpha value is -3.54. The molecule has 1 atom stereocenters. The number of rotatable bonds is 7. The molecule has 1 amide bonds. The summed E-state index contributed by atoms with van der Waals surface area (Å²) in [5, 5.41) is 11.4. The van der Waals surface area contributed by atoms with Crippen molar-refractivity contribution in [3.05, 3.63) is 88.9 Å². The molecular formula is C25H32N4O2. The number of ether oxygens (including phenoxy) is 1. The molecule has 0 aliphatic carbocycles. The van der Waals surface area contributed by atoms with E-state index < -0.39 is 0 Å². The molecule has 6 heteroatoms. The molecule has 164 valence electrons. The molecule has 2 heterocycles. The van der Waals surface area contributed by atoms with Gasteiger partial charge in [-0.15, -0.1) is 0 Å². The summed E-state index contributed by atoms with van der Waals surface area (Å²) in [6.07, 6.45) is 3.39. The topological polar surface area (TPSA) is 88.0 Å². The van der Waals surface area contributed by atoms with Gasteiger partial charge >= 0.3 is 0 Å². The molecule has 2 aromatic heterocycles. The number of hydrogen-bond donors (Lipinski definition) is 2. The van der Waals surface area contributed by atoms with Crippen LogP contribution in [0.25, 0.3) is 0 Å². The number of nitrogens with one attached hydrogen (secondary N) is 2. The van der Waals surface area contributed by atoms with Crippen LogP contribution >= 0.6 is 0 Å². The second-order valence-electron chi connectivity index (χ2n) is 6.84. The fraction of sp³-hybridized carbons (Fsp3) is 0.280. The summed E-state index contributed by atoms with van der Waals surface area (Å²) >= 11 is 0. The molecule has 3 aromatic rings. The molecule has 0 fully saturated rings. The van der Waals surface area contributed by atoms with Crippen molar-refractivity contribution in [3.63, 3.8) is 0 Å². The van der Waals surface area contributed by atoms with Gasteiger partial charge in [-0.25, -0.2) is 4.98 Å². The first-order chi connectivity index (χ1) is 15.0. The molecule has 0 saturated heterocycles. The van der Waals surface area contributed by atoms with Crippen LogP contribution in [0.1, 0.15) is 56.2 Å². The van der Waals surface area contributed by atoms with E-state index in [1.165, 1.54) is 0 Å². The Morgan fingerprint density at radius 3 is 2.39 bits per heavy atom. The highest BCUT2D eigenvalue weighted by Crippen LogP contribution is 2.21. The highest BCUT2D eigenvalue weighted by Gasteiger charge is 2.15. The van der Waals surface area contributed by atoms with Crippen LogP contribution in [0.5, 0.6) is 5.88 Å². The molecule has 0 saturated carbocycles. The summed E-state index contributed by atoms with van der Waals surface area (Å²) in [5.74, 6) is 0.142. The molecule has 2 N–H and O–H groups in total. The van der Waals surface area contributed by atoms with Crippen molar-refractivity contribution in [1.82, 2.24) is 15.3 Å². The summed E-state index contributed by atoms with van der Waals surface area (Å²) < 4.78 is 5.60. The Morgan fingerprint density at radius 2 is 1.77 bits per heavy atom. The number of pyridine rings is 2. The molecule has 6 nitrogen and oxygen atoms in total. The van der Waals surface area contributed by atoms with E-state index in [-0.39, 0.29) is 20.0 Å². The number of aryl methyl sites for hydroxylation is 2. The van der Waals surface area contributed by atoms with Gasteiger partial charge in [0.1, 0.15) is 0 Å². The van der Waals surface area contributed by atoms with Crippen LogP contribution in [-0.2, 0) is 4.79 Å². The lowest BCUT2D eigenvalue weighted by Crippen LogP contribution is -2.31. The van der Waals surface area contributed by atoms with Gasteiger partial charge in [0.05, 0.1) is 17.4 Å². The molecule has 31 heavy (non-hydrogen) atoms. The van der Waals surface area contributed by atoms with Gasteiger partial charge in [-0.05, 0) is 44.0 Å². The van der Waals surface area contributed by atoms with E-state index in [0.717, 1.165) is 22.3 Å². The first-order valence-corrected chi connectivity index (χ1v) is 10.4. The van der Waals surface area contributed by atoms with E-state index in [4.69, 9.17) is 10.1 Å². The Kier molecular flexibility index (Phi) is 8.88. The Labute approximate surface area is 185 Å². The summed E-state index contributed by atoms with van der Waals surface area (Å²) in [6.45, 7) is 9.54. The largest absolute Gasteiger partial charge is 0.468 e. The second-order valence-corrected chi connectivity index (χ2v) is 6.84. The second kappa shape index (κ2) is 11.6. The predicted octanol–water partition coefficient (Wildman–Crippen LogP) is 5.04. The van der Waals surface area contributed by atoms with Crippen LogP contribution in [0.3, 0.4) is 0 Å². The zero-order valence-corrected chi connectivity index (χ0v) is 18.8. The van der Waals surface area contributed by atoms with Crippen LogP contribution in [0.4, 0.5) is 0 Å². The van der Waals surface area contributed by atoms with Crippen molar-refractivity contribution in [1.29, 1.82) is 5.41 Å². The Bertz CT molecular complexity index is 988. The monoisotopic (exact) mass is 420 g/mol. The van der Waals surface area contributed by atoms with Gasteiger partial charge in [0.25, 0.3) is 5.91 Å². The van der Waals surface area contributed by atoms with Crippen LogP contribution < -0.4 is 10.1 Å².